The number of hydrogen-bond donors (Lipinski definition) is 7. The van der Waals surface area contributed by atoms with E-state index in [4.69, 9.17) is 28.4 Å². The van der Waals surface area contributed by atoms with Crippen molar-refractivity contribution >= 4 is 5.97 Å². The van der Waals surface area contributed by atoms with Crippen molar-refractivity contribution in [1.29, 1.82) is 0 Å². The van der Waals surface area contributed by atoms with Gasteiger partial charge in [-0.25, -0.2) is 0 Å². The van der Waals surface area contributed by atoms with Crippen molar-refractivity contribution in [2.24, 2.45) is 0 Å². The second-order valence-electron chi connectivity index (χ2n) is 14.4. The number of allylic oxidation sites excluding steroid dienone is 4. The minimum Gasteiger partial charge on any atom is -0.457 e. The van der Waals surface area contributed by atoms with Crippen LogP contribution in [0.2, 0.25) is 0 Å². The molecule has 2 saturated heterocycles. The summed E-state index contributed by atoms with van der Waals surface area (Å²) in [6.45, 7) is 3.05. The number of ether oxygens (including phenoxy) is 6. The van der Waals surface area contributed by atoms with Crippen LogP contribution in [0.4, 0.5) is 0 Å². The van der Waals surface area contributed by atoms with Crippen molar-refractivity contribution in [3.63, 3.8) is 0 Å². The summed E-state index contributed by atoms with van der Waals surface area (Å²) in [5, 5.41) is 71.0. The number of esters is 1. The van der Waals surface area contributed by atoms with Crippen LogP contribution < -0.4 is 0 Å². The summed E-state index contributed by atoms with van der Waals surface area (Å²) in [6, 6.07) is 0. The summed E-state index contributed by atoms with van der Waals surface area (Å²) in [4.78, 5) is 12.1. The average Bonchev–Trinajstić information content (AvgIpc) is 3.17. The van der Waals surface area contributed by atoms with Crippen molar-refractivity contribution in [3.05, 3.63) is 24.3 Å². The third-order valence-electron chi connectivity index (χ3n) is 9.77. The Morgan fingerprint density at radius 3 is 1.70 bits per heavy atom. The van der Waals surface area contributed by atoms with E-state index in [1.54, 1.807) is 6.92 Å². The molecule has 0 aromatic carbocycles. The molecule has 0 radical (unpaired) electrons. The molecule has 14 heteroatoms. The topological polar surface area (TPSA) is 214 Å². The van der Waals surface area contributed by atoms with E-state index in [0.29, 0.717) is 6.61 Å². The van der Waals surface area contributed by atoms with Crippen molar-refractivity contribution in [2.75, 3.05) is 33.0 Å². The van der Waals surface area contributed by atoms with Gasteiger partial charge in [0.05, 0.1) is 26.4 Å². The van der Waals surface area contributed by atoms with Crippen LogP contribution in [-0.2, 0) is 33.2 Å². The van der Waals surface area contributed by atoms with Gasteiger partial charge in [-0.2, -0.15) is 0 Å². The molecule has 2 heterocycles. The Morgan fingerprint density at radius 2 is 1.13 bits per heavy atom. The van der Waals surface area contributed by atoms with Crippen LogP contribution in [0.15, 0.2) is 24.3 Å². The number of hydrogen-bond acceptors (Lipinski definition) is 14. The SMILES string of the molecule is CCCCC/C=C\C/C=C\CCCCCCCCCCCCOCC(COC1OC(COC2OC(CO)C(O)C(O)C2O)C(O)C(O)C1O)OC(=O)CC. The van der Waals surface area contributed by atoms with Crippen molar-refractivity contribution in [2.45, 2.75) is 191 Å². The van der Waals surface area contributed by atoms with Gasteiger partial charge in [-0.15, -0.1) is 0 Å². The molecule has 2 aliphatic heterocycles. The Kier molecular flexibility index (Phi) is 26.7. The van der Waals surface area contributed by atoms with Crippen molar-refractivity contribution < 1.29 is 69.0 Å². The van der Waals surface area contributed by atoms with Gasteiger partial charge in [0.25, 0.3) is 0 Å². The Labute approximate surface area is 322 Å². The summed E-state index contributed by atoms with van der Waals surface area (Å²) in [5.41, 5.74) is 0. The molecule has 0 aromatic heterocycles. The third-order valence-corrected chi connectivity index (χ3v) is 9.77. The highest BCUT2D eigenvalue weighted by molar-refractivity contribution is 5.69. The van der Waals surface area contributed by atoms with E-state index in [-0.39, 0.29) is 19.6 Å². The first-order chi connectivity index (χ1) is 26.1. The molecule has 11 unspecified atom stereocenters. The summed E-state index contributed by atoms with van der Waals surface area (Å²) >= 11 is 0. The molecule has 0 aliphatic carbocycles. The van der Waals surface area contributed by atoms with Gasteiger partial charge >= 0.3 is 5.97 Å². The second-order valence-corrected chi connectivity index (χ2v) is 14.4. The van der Waals surface area contributed by atoms with Gasteiger partial charge in [0.2, 0.25) is 0 Å². The lowest BCUT2D eigenvalue weighted by Gasteiger charge is -2.42. The van der Waals surface area contributed by atoms with Crippen LogP contribution in [0, 0.1) is 0 Å². The molecule has 2 rings (SSSR count). The zero-order valence-corrected chi connectivity index (χ0v) is 32.7. The highest BCUT2D eigenvalue weighted by Crippen LogP contribution is 2.26. The van der Waals surface area contributed by atoms with Crippen molar-refractivity contribution in [1.82, 2.24) is 0 Å². The molecule has 0 amide bonds. The minimum absolute atomic E-state index is 0.0509. The first-order valence-corrected chi connectivity index (χ1v) is 20.4. The maximum absolute atomic E-state index is 12.1. The fourth-order valence-electron chi connectivity index (χ4n) is 6.29. The van der Waals surface area contributed by atoms with E-state index in [0.717, 1.165) is 25.7 Å². The molecular weight excluding hydrogens is 704 g/mol. The standard InChI is InChI=1S/C40H72O14/c1-3-5-6-7-8-9-10-11-12-13-14-15-16-17-18-19-20-21-22-23-24-49-26-29(52-32(42)4-2)27-50-39-38(48)36(46)34(44)31(54-39)28-51-40-37(47)35(45)33(43)30(25-41)53-40/h8-9,11-12,29-31,33-41,43-48H,3-7,10,13-28H2,1-2H3/b9-8-,12-11-. The molecule has 0 aromatic rings. The molecular formula is C40H72O14. The normalized spacial score (nSPS) is 29.6. The minimum atomic E-state index is -1.70. The Morgan fingerprint density at radius 1 is 0.611 bits per heavy atom. The molecule has 2 aliphatic rings. The predicted molar refractivity (Wildman–Crippen MR) is 201 cm³/mol. The van der Waals surface area contributed by atoms with Gasteiger partial charge in [0.15, 0.2) is 12.6 Å². The van der Waals surface area contributed by atoms with Crippen LogP contribution in [0.25, 0.3) is 0 Å². The summed E-state index contributed by atoms with van der Waals surface area (Å²) in [6.07, 6.45) is 12.3. The summed E-state index contributed by atoms with van der Waals surface area (Å²) in [7, 11) is 0. The molecule has 11 atom stereocenters. The maximum Gasteiger partial charge on any atom is 0.305 e. The first-order valence-electron chi connectivity index (χ1n) is 20.4. The molecule has 316 valence electrons. The van der Waals surface area contributed by atoms with Gasteiger partial charge in [0, 0.05) is 13.0 Å². The lowest BCUT2D eigenvalue weighted by Crippen LogP contribution is -2.61. The smallest absolute Gasteiger partial charge is 0.305 e. The third kappa shape index (κ3) is 19.1. The van der Waals surface area contributed by atoms with E-state index in [9.17, 15) is 40.5 Å². The van der Waals surface area contributed by atoms with Gasteiger partial charge in [0.1, 0.15) is 54.9 Å². The highest BCUT2D eigenvalue weighted by Gasteiger charge is 2.47. The van der Waals surface area contributed by atoms with Crippen LogP contribution in [0.5, 0.6) is 0 Å². The number of rotatable bonds is 30. The molecule has 0 saturated carbocycles. The fraction of sp³-hybridized carbons (Fsp3) is 0.875. The Balaban J connectivity index is 1.60. The van der Waals surface area contributed by atoms with Gasteiger partial charge in [-0.05, 0) is 38.5 Å². The Bertz CT molecular complexity index is 996. The van der Waals surface area contributed by atoms with Crippen LogP contribution in [0.3, 0.4) is 0 Å². The van der Waals surface area contributed by atoms with E-state index in [2.05, 4.69) is 31.2 Å². The highest BCUT2D eigenvalue weighted by atomic mass is 16.7. The molecule has 2 fully saturated rings. The molecule has 54 heavy (non-hydrogen) atoms. The van der Waals surface area contributed by atoms with Crippen LogP contribution >= 0.6 is 0 Å². The number of carbonyl (C=O) groups excluding carboxylic acids is 1. The lowest BCUT2D eigenvalue weighted by molar-refractivity contribution is -0.332. The monoisotopic (exact) mass is 776 g/mol. The lowest BCUT2D eigenvalue weighted by atomic mass is 9.98. The van der Waals surface area contributed by atoms with E-state index < -0.39 is 86.7 Å². The quantitative estimate of drug-likeness (QED) is 0.0317. The number of unbranched alkanes of at least 4 members (excludes halogenated alkanes) is 13. The molecule has 0 bridgehead atoms. The number of carbonyl (C=O) groups is 1. The van der Waals surface area contributed by atoms with Crippen LogP contribution in [0.1, 0.15) is 123 Å². The zero-order valence-electron chi connectivity index (χ0n) is 32.7. The summed E-state index contributed by atoms with van der Waals surface area (Å²) < 4.78 is 33.3. The zero-order chi connectivity index (χ0) is 39.6. The van der Waals surface area contributed by atoms with E-state index >= 15 is 0 Å². The first kappa shape index (κ1) is 48.6. The molecule has 0 spiro atoms. The second kappa shape index (κ2) is 29.7. The largest absolute Gasteiger partial charge is 0.457 e. The van der Waals surface area contributed by atoms with E-state index in [1.807, 2.05) is 0 Å². The predicted octanol–water partition coefficient (Wildman–Crippen LogP) is 3.34. The molecule has 7 N–H and O–H groups in total. The van der Waals surface area contributed by atoms with Gasteiger partial charge in [-0.3, -0.25) is 4.79 Å². The van der Waals surface area contributed by atoms with E-state index in [1.165, 1.54) is 77.0 Å². The fourth-order valence-corrected chi connectivity index (χ4v) is 6.29. The molecule has 14 nitrogen and oxygen atoms in total. The van der Waals surface area contributed by atoms with Crippen LogP contribution in [-0.4, -0.2) is 142 Å². The Hall–Kier alpha value is -1.53. The average molecular weight is 777 g/mol. The summed E-state index contributed by atoms with van der Waals surface area (Å²) in [5.74, 6) is -0.466. The van der Waals surface area contributed by atoms with Gasteiger partial charge in [-0.1, -0.05) is 102 Å². The van der Waals surface area contributed by atoms with Crippen molar-refractivity contribution in [3.8, 4) is 0 Å². The number of aliphatic hydroxyl groups is 7. The maximum atomic E-state index is 12.1. The number of aliphatic hydroxyl groups excluding tert-OH is 7. The van der Waals surface area contributed by atoms with Gasteiger partial charge < -0.3 is 64.2 Å².